The fraction of sp³-hybridized carbons (Fsp3) is 0.900. The molecule has 1 saturated carbocycles. The van der Waals surface area contributed by atoms with E-state index in [1.54, 1.807) is 13.8 Å². The molecule has 0 unspecified atom stereocenters. The molecule has 0 aromatic rings. The molecule has 0 amide bonds. The highest BCUT2D eigenvalue weighted by atomic mass is 16.4. The van der Waals surface area contributed by atoms with E-state index in [0.717, 1.165) is 19.3 Å². The Hall–Kier alpha value is -0.610. The Morgan fingerprint density at radius 1 is 1.50 bits per heavy atom. The summed E-state index contributed by atoms with van der Waals surface area (Å²) in [5.74, 6) is -0.814. The third-order valence-corrected chi connectivity index (χ3v) is 2.88. The molecule has 0 heterocycles. The quantitative estimate of drug-likeness (QED) is 0.609. The van der Waals surface area contributed by atoms with Crippen molar-refractivity contribution in [1.29, 1.82) is 0 Å². The van der Waals surface area contributed by atoms with Gasteiger partial charge in [-0.25, -0.2) is 0 Å². The van der Waals surface area contributed by atoms with Gasteiger partial charge < -0.3 is 15.5 Å². The monoisotopic (exact) mass is 201 g/mol. The van der Waals surface area contributed by atoms with E-state index in [1.165, 1.54) is 0 Å². The topological polar surface area (TPSA) is 69.6 Å². The maximum Gasteiger partial charge on any atom is 0.310 e. The molecule has 0 aliphatic heterocycles. The van der Waals surface area contributed by atoms with Crippen molar-refractivity contribution in [2.24, 2.45) is 5.41 Å². The fourth-order valence-electron chi connectivity index (χ4n) is 1.44. The summed E-state index contributed by atoms with van der Waals surface area (Å²) >= 11 is 0. The summed E-state index contributed by atoms with van der Waals surface area (Å²) in [6, 6.07) is 0. The number of aliphatic hydroxyl groups is 1. The highest BCUT2D eigenvalue weighted by Crippen LogP contribution is 2.30. The van der Waals surface area contributed by atoms with Crippen molar-refractivity contribution in [3.05, 3.63) is 0 Å². The van der Waals surface area contributed by atoms with Crippen LogP contribution in [0, 0.1) is 5.41 Å². The van der Waals surface area contributed by atoms with Gasteiger partial charge in [0, 0.05) is 13.1 Å². The lowest BCUT2D eigenvalue weighted by Gasteiger charge is -2.37. The molecular weight excluding hydrogens is 182 g/mol. The number of hydrogen-bond acceptors (Lipinski definition) is 3. The maximum absolute atomic E-state index is 10.8. The fourth-order valence-corrected chi connectivity index (χ4v) is 1.44. The number of hydrogen-bond donors (Lipinski definition) is 3. The molecule has 1 rings (SSSR count). The molecule has 14 heavy (non-hydrogen) atoms. The van der Waals surface area contributed by atoms with Crippen LogP contribution in [0.1, 0.15) is 33.1 Å². The zero-order valence-electron chi connectivity index (χ0n) is 8.84. The zero-order chi connectivity index (χ0) is 10.8. The van der Waals surface area contributed by atoms with Gasteiger partial charge in [-0.05, 0) is 33.1 Å². The van der Waals surface area contributed by atoms with Gasteiger partial charge in [-0.1, -0.05) is 0 Å². The number of carboxylic acids is 1. The first-order valence-electron chi connectivity index (χ1n) is 5.02. The molecule has 0 spiro atoms. The minimum absolute atomic E-state index is 0.393. The molecule has 0 aromatic heterocycles. The maximum atomic E-state index is 10.8. The van der Waals surface area contributed by atoms with E-state index in [4.69, 9.17) is 5.11 Å². The van der Waals surface area contributed by atoms with Crippen LogP contribution in [0.2, 0.25) is 0 Å². The molecule has 0 atom stereocenters. The van der Waals surface area contributed by atoms with Gasteiger partial charge in [-0.3, -0.25) is 4.79 Å². The van der Waals surface area contributed by atoms with Crippen molar-refractivity contribution >= 4 is 5.97 Å². The van der Waals surface area contributed by atoms with Gasteiger partial charge >= 0.3 is 5.97 Å². The predicted molar refractivity (Wildman–Crippen MR) is 53.1 cm³/mol. The summed E-state index contributed by atoms with van der Waals surface area (Å²) in [5, 5.41) is 21.6. The van der Waals surface area contributed by atoms with Crippen molar-refractivity contribution in [2.45, 2.75) is 38.7 Å². The summed E-state index contributed by atoms with van der Waals surface area (Å²) < 4.78 is 0. The van der Waals surface area contributed by atoms with Crippen LogP contribution in [0.4, 0.5) is 0 Å². The Morgan fingerprint density at radius 3 is 2.43 bits per heavy atom. The van der Waals surface area contributed by atoms with E-state index in [2.05, 4.69) is 5.32 Å². The lowest BCUT2D eigenvalue weighted by molar-refractivity contribution is -0.146. The Morgan fingerprint density at radius 2 is 2.07 bits per heavy atom. The second-order valence-corrected chi connectivity index (χ2v) is 4.87. The van der Waals surface area contributed by atoms with Gasteiger partial charge in [-0.15, -0.1) is 0 Å². The Balaban J connectivity index is 2.23. The van der Waals surface area contributed by atoms with E-state index in [-0.39, 0.29) is 0 Å². The second kappa shape index (κ2) is 3.87. The van der Waals surface area contributed by atoms with E-state index < -0.39 is 17.0 Å². The molecule has 0 radical (unpaired) electrons. The van der Waals surface area contributed by atoms with Gasteiger partial charge in [0.05, 0.1) is 11.0 Å². The van der Waals surface area contributed by atoms with Crippen LogP contribution in [0.25, 0.3) is 0 Å². The van der Waals surface area contributed by atoms with E-state index in [9.17, 15) is 9.90 Å². The zero-order valence-corrected chi connectivity index (χ0v) is 8.84. The SMILES string of the molecule is CC(C)(CNCC1(O)CCC1)C(=O)O. The summed E-state index contributed by atoms with van der Waals surface area (Å²) in [7, 11) is 0. The Labute approximate surface area is 84.3 Å². The molecule has 4 nitrogen and oxygen atoms in total. The van der Waals surface area contributed by atoms with Crippen LogP contribution in [0.3, 0.4) is 0 Å². The summed E-state index contributed by atoms with van der Waals surface area (Å²) in [4.78, 5) is 10.8. The van der Waals surface area contributed by atoms with Crippen molar-refractivity contribution in [2.75, 3.05) is 13.1 Å². The number of carboxylic acid groups (broad SMARTS) is 1. The van der Waals surface area contributed by atoms with E-state index in [0.29, 0.717) is 13.1 Å². The molecular formula is C10H19NO3. The van der Waals surface area contributed by atoms with Crippen molar-refractivity contribution in [3.63, 3.8) is 0 Å². The summed E-state index contributed by atoms with van der Waals surface area (Å²) in [6.07, 6.45) is 2.72. The minimum atomic E-state index is -0.814. The van der Waals surface area contributed by atoms with Crippen molar-refractivity contribution in [3.8, 4) is 0 Å². The van der Waals surface area contributed by atoms with Gasteiger partial charge in [0.1, 0.15) is 0 Å². The molecule has 0 aromatic carbocycles. The smallest absolute Gasteiger partial charge is 0.310 e. The third-order valence-electron chi connectivity index (χ3n) is 2.88. The second-order valence-electron chi connectivity index (χ2n) is 4.87. The van der Waals surface area contributed by atoms with E-state index >= 15 is 0 Å². The summed E-state index contributed by atoms with van der Waals surface area (Å²) in [6.45, 7) is 4.24. The summed E-state index contributed by atoms with van der Waals surface area (Å²) in [5.41, 5.74) is -1.34. The Bertz CT molecular complexity index is 221. The van der Waals surface area contributed by atoms with Gasteiger partial charge in [0.25, 0.3) is 0 Å². The van der Waals surface area contributed by atoms with Crippen molar-refractivity contribution < 1.29 is 15.0 Å². The van der Waals surface area contributed by atoms with Crippen LogP contribution in [-0.4, -0.2) is 34.9 Å². The molecule has 0 bridgehead atoms. The third kappa shape index (κ3) is 2.69. The average molecular weight is 201 g/mol. The number of aliphatic carboxylic acids is 1. The van der Waals surface area contributed by atoms with Gasteiger partial charge in [-0.2, -0.15) is 0 Å². The molecule has 82 valence electrons. The lowest BCUT2D eigenvalue weighted by atomic mass is 9.80. The van der Waals surface area contributed by atoms with Crippen LogP contribution in [-0.2, 0) is 4.79 Å². The molecule has 4 heteroatoms. The molecule has 1 aliphatic rings. The first-order chi connectivity index (χ1) is 6.36. The first-order valence-corrected chi connectivity index (χ1v) is 5.02. The van der Waals surface area contributed by atoms with Gasteiger partial charge in [0.15, 0.2) is 0 Å². The van der Waals surface area contributed by atoms with Crippen molar-refractivity contribution in [1.82, 2.24) is 5.32 Å². The minimum Gasteiger partial charge on any atom is -0.481 e. The van der Waals surface area contributed by atoms with Gasteiger partial charge in [0.2, 0.25) is 0 Å². The predicted octanol–water partition coefficient (Wildman–Crippen LogP) is 0.602. The number of nitrogens with one attached hydrogen (secondary N) is 1. The van der Waals surface area contributed by atoms with Crippen LogP contribution in [0.5, 0.6) is 0 Å². The van der Waals surface area contributed by atoms with Crippen LogP contribution >= 0.6 is 0 Å². The van der Waals surface area contributed by atoms with E-state index in [1.807, 2.05) is 0 Å². The normalized spacial score (nSPS) is 20.2. The Kier molecular flexibility index (Phi) is 3.17. The standard InChI is InChI=1S/C10H19NO3/c1-9(2,8(12)13)6-11-7-10(14)4-3-5-10/h11,14H,3-7H2,1-2H3,(H,12,13). The number of rotatable bonds is 5. The van der Waals surface area contributed by atoms with Crippen LogP contribution < -0.4 is 5.32 Å². The largest absolute Gasteiger partial charge is 0.481 e. The molecule has 0 saturated heterocycles. The molecule has 1 aliphatic carbocycles. The lowest BCUT2D eigenvalue weighted by Crippen LogP contribution is -2.49. The highest BCUT2D eigenvalue weighted by Gasteiger charge is 2.35. The first kappa shape index (κ1) is 11.5. The average Bonchev–Trinajstić information content (AvgIpc) is 2.00. The number of carbonyl (C=O) groups is 1. The van der Waals surface area contributed by atoms with Crippen LogP contribution in [0.15, 0.2) is 0 Å². The highest BCUT2D eigenvalue weighted by molar-refractivity contribution is 5.73. The molecule has 1 fully saturated rings. The molecule has 3 N–H and O–H groups in total.